The predicted octanol–water partition coefficient (Wildman–Crippen LogP) is 2.58. The first-order chi connectivity index (χ1) is 10.1. The first kappa shape index (κ1) is 13.9. The average Bonchev–Trinajstić information content (AvgIpc) is 2.69. The van der Waals surface area contributed by atoms with Crippen LogP contribution < -0.4 is 5.63 Å². The van der Waals surface area contributed by atoms with Crippen LogP contribution in [-0.2, 0) is 6.54 Å². The second kappa shape index (κ2) is 5.77. The molecule has 1 saturated heterocycles. The van der Waals surface area contributed by atoms with Crippen molar-refractivity contribution in [2.45, 2.75) is 32.2 Å². The first-order valence-corrected chi connectivity index (χ1v) is 7.34. The second-order valence-electron chi connectivity index (χ2n) is 5.62. The van der Waals surface area contributed by atoms with Crippen LogP contribution >= 0.6 is 0 Å². The molecule has 0 radical (unpaired) electrons. The summed E-state index contributed by atoms with van der Waals surface area (Å²) < 4.78 is 5.11. The molecule has 21 heavy (non-hydrogen) atoms. The highest BCUT2D eigenvalue weighted by Crippen LogP contribution is 2.31. The summed E-state index contributed by atoms with van der Waals surface area (Å²) in [6.07, 6.45) is 4.85. The Morgan fingerprint density at radius 3 is 2.38 bits per heavy atom. The van der Waals surface area contributed by atoms with Crippen LogP contribution in [-0.4, -0.2) is 28.2 Å². The van der Waals surface area contributed by atoms with Gasteiger partial charge in [-0.1, -0.05) is 12.8 Å². The Morgan fingerprint density at radius 1 is 1.00 bits per heavy atom. The summed E-state index contributed by atoms with van der Waals surface area (Å²) >= 11 is 0. The highest BCUT2D eigenvalue weighted by atomic mass is 16.4. The molecule has 1 aliphatic rings. The molecule has 2 aromatic rings. The Bertz CT molecular complexity index is 699. The molecule has 0 atom stereocenters. The number of aromatic hydroxyl groups is 2. The number of fused-ring (bicyclic) bond motifs is 1. The molecule has 5 nitrogen and oxygen atoms in total. The van der Waals surface area contributed by atoms with Gasteiger partial charge in [0.15, 0.2) is 11.5 Å². The van der Waals surface area contributed by atoms with E-state index in [9.17, 15) is 15.0 Å². The molecule has 5 heteroatoms. The van der Waals surface area contributed by atoms with Gasteiger partial charge >= 0.3 is 5.63 Å². The number of nitrogens with zero attached hydrogens (tertiary/aromatic N) is 1. The molecular formula is C16H19NO4. The number of phenolic OH excluding ortho intramolecular Hbond substituents is 2. The van der Waals surface area contributed by atoms with Crippen molar-refractivity contribution < 1.29 is 14.6 Å². The number of benzene rings is 1. The molecule has 2 N–H and O–H groups in total. The van der Waals surface area contributed by atoms with Gasteiger partial charge in [-0.25, -0.2) is 4.79 Å². The highest BCUT2D eigenvalue weighted by molar-refractivity contribution is 5.83. The van der Waals surface area contributed by atoms with E-state index in [2.05, 4.69) is 4.90 Å². The van der Waals surface area contributed by atoms with E-state index in [4.69, 9.17) is 4.42 Å². The zero-order valence-electron chi connectivity index (χ0n) is 11.8. The van der Waals surface area contributed by atoms with Crippen molar-refractivity contribution in [2.24, 2.45) is 0 Å². The lowest BCUT2D eigenvalue weighted by atomic mass is 10.1. The Morgan fingerprint density at radius 2 is 1.67 bits per heavy atom. The Hall–Kier alpha value is -2.01. The molecule has 1 aliphatic heterocycles. The van der Waals surface area contributed by atoms with E-state index in [0.717, 1.165) is 18.7 Å². The summed E-state index contributed by atoms with van der Waals surface area (Å²) in [4.78, 5) is 14.0. The fourth-order valence-corrected chi connectivity index (χ4v) is 2.92. The normalized spacial score (nSPS) is 17.0. The van der Waals surface area contributed by atoms with E-state index in [0.29, 0.717) is 17.5 Å². The summed E-state index contributed by atoms with van der Waals surface area (Å²) in [6, 6.07) is 4.22. The summed E-state index contributed by atoms with van der Waals surface area (Å²) in [7, 11) is 0. The van der Waals surface area contributed by atoms with Crippen LogP contribution in [0.15, 0.2) is 27.4 Å². The maximum absolute atomic E-state index is 11.7. The van der Waals surface area contributed by atoms with Crippen molar-refractivity contribution in [2.75, 3.05) is 13.1 Å². The van der Waals surface area contributed by atoms with Gasteiger partial charge in [-0.15, -0.1) is 0 Å². The van der Waals surface area contributed by atoms with Gasteiger partial charge < -0.3 is 14.6 Å². The Labute approximate surface area is 122 Å². The van der Waals surface area contributed by atoms with Gasteiger partial charge in [0.05, 0.1) is 0 Å². The number of hydrogen-bond acceptors (Lipinski definition) is 5. The fourth-order valence-electron chi connectivity index (χ4n) is 2.92. The zero-order valence-corrected chi connectivity index (χ0v) is 11.8. The SMILES string of the molecule is O=c1cc(CN2CCCCCC2)c2cc(O)c(O)cc2o1. The van der Waals surface area contributed by atoms with Crippen molar-refractivity contribution in [1.82, 2.24) is 4.90 Å². The Balaban J connectivity index is 2.00. The number of likely N-dealkylation sites (tertiary alicyclic amines) is 1. The monoisotopic (exact) mass is 289 g/mol. The Kier molecular flexibility index (Phi) is 3.84. The largest absolute Gasteiger partial charge is 0.504 e. The summed E-state index contributed by atoms with van der Waals surface area (Å²) in [5.41, 5.74) is 0.707. The van der Waals surface area contributed by atoms with E-state index in [1.807, 2.05) is 0 Å². The maximum atomic E-state index is 11.7. The average molecular weight is 289 g/mol. The second-order valence-corrected chi connectivity index (χ2v) is 5.62. The molecule has 3 rings (SSSR count). The van der Waals surface area contributed by atoms with Gasteiger partial charge in [-0.2, -0.15) is 0 Å². The molecule has 112 valence electrons. The molecule has 2 heterocycles. The summed E-state index contributed by atoms with van der Waals surface area (Å²) in [5.74, 6) is -0.481. The molecule has 0 unspecified atom stereocenters. The van der Waals surface area contributed by atoms with Gasteiger partial charge in [-0.05, 0) is 37.6 Å². The van der Waals surface area contributed by atoms with Gasteiger partial charge in [0, 0.05) is 24.1 Å². The zero-order chi connectivity index (χ0) is 14.8. The summed E-state index contributed by atoms with van der Waals surface area (Å²) in [6.45, 7) is 2.70. The van der Waals surface area contributed by atoms with Crippen molar-refractivity contribution in [3.05, 3.63) is 34.2 Å². The van der Waals surface area contributed by atoms with Gasteiger partial charge in [0.25, 0.3) is 0 Å². The fraction of sp³-hybridized carbons (Fsp3) is 0.438. The van der Waals surface area contributed by atoms with Gasteiger partial charge in [0.2, 0.25) is 0 Å². The topological polar surface area (TPSA) is 73.9 Å². The van der Waals surface area contributed by atoms with Crippen LogP contribution in [0, 0.1) is 0 Å². The molecule has 0 aliphatic carbocycles. The number of rotatable bonds is 2. The minimum Gasteiger partial charge on any atom is -0.504 e. The standard InChI is InChI=1S/C16H19NO4/c18-13-8-12-11(10-17-5-3-1-2-4-6-17)7-16(20)21-15(12)9-14(13)19/h7-9,18-19H,1-6,10H2. The van der Waals surface area contributed by atoms with E-state index in [1.165, 1.54) is 43.9 Å². The van der Waals surface area contributed by atoms with E-state index >= 15 is 0 Å². The number of phenols is 2. The van der Waals surface area contributed by atoms with Crippen LogP contribution in [0.1, 0.15) is 31.2 Å². The van der Waals surface area contributed by atoms with Crippen molar-refractivity contribution >= 4 is 11.0 Å². The molecule has 1 aromatic carbocycles. The van der Waals surface area contributed by atoms with E-state index < -0.39 is 5.63 Å². The van der Waals surface area contributed by atoms with Crippen LogP contribution in [0.2, 0.25) is 0 Å². The van der Waals surface area contributed by atoms with E-state index in [-0.39, 0.29) is 11.5 Å². The van der Waals surface area contributed by atoms with Crippen LogP contribution in [0.3, 0.4) is 0 Å². The molecule has 0 saturated carbocycles. The lowest BCUT2D eigenvalue weighted by Gasteiger charge is -2.20. The maximum Gasteiger partial charge on any atom is 0.336 e. The third-order valence-electron chi connectivity index (χ3n) is 4.02. The lowest BCUT2D eigenvalue weighted by molar-refractivity contribution is 0.277. The van der Waals surface area contributed by atoms with Crippen LogP contribution in [0.25, 0.3) is 11.0 Å². The lowest BCUT2D eigenvalue weighted by Crippen LogP contribution is -2.24. The molecule has 1 aromatic heterocycles. The van der Waals surface area contributed by atoms with E-state index in [1.54, 1.807) is 0 Å². The summed E-state index contributed by atoms with van der Waals surface area (Å²) in [5, 5.41) is 19.9. The van der Waals surface area contributed by atoms with Crippen molar-refractivity contribution in [3.8, 4) is 11.5 Å². The molecule has 0 amide bonds. The van der Waals surface area contributed by atoms with Gasteiger partial charge in [0.1, 0.15) is 5.58 Å². The smallest absolute Gasteiger partial charge is 0.336 e. The molecule has 0 spiro atoms. The molecule has 0 bridgehead atoms. The first-order valence-electron chi connectivity index (χ1n) is 7.34. The highest BCUT2D eigenvalue weighted by Gasteiger charge is 2.14. The molecule has 1 fully saturated rings. The van der Waals surface area contributed by atoms with Gasteiger partial charge in [-0.3, -0.25) is 4.90 Å². The van der Waals surface area contributed by atoms with Crippen molar-refractivity contribution in [3.63, 3.8) is 0 Å². The van der Waals surface area contributed by atoms with Crippen LogP contribution in [0.5, 0.6) is 11.5 Å². The minimum atomic E-state index is -0.433. The third-order valence-corrected chi connectivity index (χ3v) is 4.02. The minimum absolute atomic E-state index is 0.200. The molecular weight excluding hydrogens is 270 g/mol. The quantitative estimate of drug-likeness (QED) is 0.656. The third kappa shape index (κ3) is 3.03. The van der Waals surface area contributed by atoms with Crippen LogP contribution in [0.4, 0.5) is 0 Å². The predicted molar refractivity (Wildman–Crippen MR) is 79.6 cm³/mol. The van der Waals surface area contributed by atoms with Crippen molar-refractivity contribution in [1.29, 1.82) is 0 Å². The number of hydrogen-bond donors (Lipinski definition) is 2.